The van der Waals surface area contributed by atoms with Crippen molar-refractivity contribution in [2.24, 2.45) is 0 Å². The molecule has 2 aromatic rings. The molecule has 92 valence electrons. The highest BCUT2D eigenvalue weighted by Gasteiger charge is 2.13. The molecule has 2 aromatic carbocycles. The van der Waals surface area contributed by atoms with Gasteiger partial charge in [0.25, 0.3) is 0 Å². The molecule has 0 aromatic heterocycles. The quantitative estimate of drug-likeness (QED) is 0.871. The Kier molecular flexibility index (Phi) is 4.15. The lowest BCUT2D eigenvalue weighted by Gasteiger charge is -2.18. The van der Waals surface area contributed by atoms with Gasteiger partial charge in [0.2, 0.25) is 0 Å². The molecular formula is C15H12BrO2-. The average molecular weight is 304 g/mol. The third kappa shape index (κ3) is 3.20. The third-order valence-electron chi connectivity index (χ3n) is 2.84. The molecule has 0 aliphatic heterocycles. The molecule has 0 aliphatic carbocycles. The summed E-state index contributed by atoms with van der Waals surface area (Å²) in [6.07, 6.45) is 0.449. The first-order valence-corrected chi connectivity index (χ1v) is 6.46. The Bertz CT molecular complexity index is 520. The second-order valence-corrected chi connectivity index (χ2v) is 5.03. The van der Waals surface area contributed by atoms with E-state index in [2.05, 4.69) is 15.9 Å². The van der Waals surface area contributed by atoms with Crippen molar-refractivity contribution in [2.45, 2.75) is 12.3 Å². The fourth-order valence-corrected chi connectivity index (χ4v) is 2.15. The number of carboxylic acids is 1. The standard InChI is InChI=1S/C15H13BrO2/c16-13-8-6-12(7-9-13)14(15(17)18)10-11-4-2-1-3-5-11/h1-9,14H,10H2,(H,17,18)/p-1. The van der Waals surface area contributed by atoms with E-state index in [1.165, 1.54) is 0 Å². The first kappa shape index (κ1) is 12.8. The van der Waals surface area contributed by atoms with E-state index in [9.17, 15) is 9.90 Å². The highest BCUT2D eigenvalue weighted by atomic mass is 79.9. The van der Waals surface area contributed by atoms with Crippen LogP contribution in [0.1, 0.15) is 17.0 Å². The van der Waals surface area contributed by atoms with Crippen molar-refractivity contribution in [3.63, 3.8) is 0 Å². The minimum absolute atomic E-state index is 0.449. The molecule has 1 atom stereocenters. The number of carboxylic acid groups (broad SMARTS) is 1. The van der Waals surface area contributed by atoms with Crippen LogP contribution in [0.2, 0.25) is 0 Å². The molecule has 1 unspecified atom stereocenters. The minimum atomic E-state index is -1.04. The molecule has 0 amide bonds. The Morgan fingerprint density at radius 2 is 1.67 bits per heavy atom. The molecule has 0 bridgehead atoms. The van der Waals surface area contributed by atoms with Crippen LogP contribution < -0.4 is 5.11 Å². The predicted molar refractivity (Wildman–Crippen MR) is 72.0 cm³/mol. The molecule has 2 rings (SSSR count). The van der Waals surface area contributed by atoms with Gasteiger partial charge in [0.05, 0.1) is 0 Å². The molecule has 18 heavy (non-hydrogen) atoms. The fraction of sp³-hybridized carbons (Fsp3) is 0.133. The first-order valence-electron chi connectivity index (χ1n) is 5.67. The van der Waals surface area contributed by atoms with Gasteiger partial charge in [0.15, 0.2) is 0 Å². The lowest BCUT2D eigenvalue weighted by Crippen LogP contribution is -2.31. The van der Waals surface area contributed by atoms with Crippen molar-refractivity contribution >= 4 is 21.9 Å². The van der Waals surface area contributed by atoms with Crippen LogP contribution in [0.4, 0.5) is 0 Å². The van der Waals surface area contributed by atoms with Gasteiger partial charge in [-0.1, -0.05) is 58.4 Å². The van der Waals surface area contributed by atoms with Crippen LogP contribution >= 0.6 is 15.9 Å². The Morgan fingerprint density at radius 1 is 1.06 bits per heavy atom. The van der Waals surface area contributed by atoms with Gasteiger partial charge >= 0.3 is 0 Å². The van der Waals surface area contributed by atoms with Crippen LogP contribution in [0.15, 0.2) is 59.1 Å². The van der Waals surface area contributed by atoms with Crippen LogP contribution in [0.5, 0.6) is 0 Å². The van der Waals surface area contributed by atoms with Crippen LogP contribution in [-0.4, -0.2) is 5.97 Å². The van der Waals surface area contributed by atoms with E-state index < -0.39 is 11.9 Å². The SMILES string of the molecule is O=C([O-])C(Cc1ccccc1)c1ccc(Br)cc1. The van der Waals surface area contributed by atoms with Crippen molar-refractivity contribution in [3.05, 3.63) is 70.2 Å². The van der Waals surface area contributed by atoms with Gasteiger partial charge in [-0.25, -0.2) is 0 Å². The van der Waals surface area contributed by atoms with Gasteiger partial charge in [0, 0.05) is 16.4 Å². The summed E-state index contributed by atoms with van der Waals surface area (Å²) in [6.45, 7) is 0. The summed E-state index contributed by atoms with van der Waals surface area (Å²) < 4.78 is 0.933. The van der Waals surface area contributed by atoms with Crippen molar-refractivity contribution < 1.29 is 9.90 Å². The summed E-state index contributed by atoms with van der Waals surface area (Å²) in [6, 6.07) is 16.9. The van der Waals surface area contributed by atoms with Crippen molar-refractivity contribution in [1.29, 1.82) is 0 Å². The molecule has 0 saturated heterocycles. The van der Waals surface area contributed by atoms with Gasteiger partial charge in [0.1, 0.15) is 0 Å². The van der Waals surface area contributed by atoms with E-state index in [1.54, 1.807) is 0 Å². The number of aliphatic carboxylic acids is 1. The lowest BCUT2D eigenvalue weighted by molar-refractivity contribution is -0.308. The smallest absolute Gasteiger partial charge is 0.0492 e. The van der Waals surface area contributed by atoms with E-state index in [4.69, 9.17) is 0 Å². The van der Waals surface area contributed by atoms with Gasteiger partial charge in [-0.3, -0.25) is 0 Å². The summed E-state index contributed by atoms with van der Waals surface area (Å²) in [4.78, 5) is 11.3. The zero-order valence-corrected chi connectivity index (χ0v) is 11.3. The molecule has 0 spiro atoms. The molecule has 3 heteroatoms. The van der Waals surface area contributed by atoms with E-state index in [-0.39, 0.29) is 0 Å². The van der Waals surface area contributed by atoms with Gasteiger partial charge < -0.3 is 9.90 Å². The zero-order chi connectivity index (χ0) is 13.0. The lowest BCUT2D eigenvalue weighted by atomic mass is 9.92. The third-order valence-corrected chi connectivity index (χ3v) is 3.37. The topological polar surface area (TPSA) is 40.1 Å². The van der Waals surface area contributed by atoms with Crippen LogP contribution in [-0.2, 0) is 11.2 Å². The number of halogens is 1. The second kappa shape index (κ2) is 5.83. The van der Waals surface area contributed by atoms with Crippen LogP contribution in [0, 0.1) is 0 Å². The van der Waals surface area contributed by atoms with E-state index in [1.807, 2.05) is 54.6 Å². The maximum absolute atomic E-state index is 11.3. The number of hydrogen-bond donors (Lipinski definition) is 0. The monoisotopic (exact) mass is 303 g/mol. The molecule has 0 aliphatic rings. The largest absolute Gasteiger partial charge is 0.549 e. The molecular weight excluding hydrogens is 292 g/mol. The highest BCUT2D eigenvalue weighted by Crippen LogP contribution is 2.22. The number of carbonyl (C=O) groups excluding carboxylic acids is 1. The summed E-state index contributed by atoms with van der Waals surface area (Å²) in [5, 5.41) is 11.3. The van der Waals surface area contributed by atoms with Crippen molar-refractivity contribution in [1.82, 2.24) is 0 Å². The average Bonchev–Trinajstić information content (AvgIpc) is 2.38. The zero-order valence-electron chi connectivity index (χ0n) is 9.68. The summed E-state index contributed by atoms with van der Waals surface area (Å²) >= 11 is 3.34. The molecule has 0 fully saturated rings. The number of rotatable bonds is 4. The molecule has 0 saturated carbocycles. The predicted octanol–water partition coefficient (Wildman–Crippen LogP) is 2.53. The molecule has 2 nitrogen and oxygen atoms in total. The van der Waals surface area contributed by atoms with Gasteiger partial charge in [-0.15, -0.1) is 0 Å². The molecule has 0 N–H and O–H groups in total. The Labute approximate surface area is 114 Å². The molecule has 0 heterocycles. The van der Waals surface area contributed by atoms with Gasteiger partial charge in [-0.2, -0.15) is 0 Å². The van der Waals surface area contributed by atoms with E-state index in [0.29, 0.717) is 6.42 Å². The van der Waals surface area contributed by atoms with Gasteiger partial charge in [-0.05, 0) is 29.7 Å². The fourth-order valence-electron chi connectivity index (χ4n) is 1.88. The first-order chi connectivity index (χ1) is 8.66. The Morgan fingerprint density at radius 3 is 2.22 bits per heavy atom. The summed E-state index contributed by atoms with van der Waals surface area (Å²) in [7, 11) is 0. The Hall–Kier alpha value is -1.61. The Balaban J connectivity index is 2.24. The van der Waals surface area contributed by atoms with Crippen molar-refractivity contribution in [2.75, 3.05) is 0 Å². The number of benzene rings is 2. The maximum atomic E-state index is 11.3. The number of hydrogen-bond acceptors (Lipinski definition) is 2. The normalized spacial score (nSPS) is 12.1. The minimum Gasteiger partial charge on any atom is -0.549 e. The summed E-state index contributed by atoms with van der Waals surface area (Å²) in [5.74, 6) is -1.65. The van der Waals surface area contributed by atoms with Crippen molar-refractivity contribution in [3.8, 4) is 0 Å². The maximum Gasteiger partial charge on any atom is 0.0492 e. The summed E-state index contributed by atoms with van der Waals surface area (Å²) in [5.41, 5.74) is 1.76. The second-order valence-electron chi connectivity index (χ2n) is 4.11. The molecule has 0 radical (unpaired) electrons. The highest BCUT2D eigenvalue weighted by molar-refractivity contribution is 9.10. The number of carbonyl (C=O) groups is 1. The van der Waals surface area contributed by atoms with E-state index >= 15 is 0 Å². The van der Waals surface area contributed by atoms with E-state index in [0.717, 1.165) is 15.6 Å². The van der Waals surface area contributed by atoms with Crippen LogP contribution in [0.25, 0.3) is 0 Å². The van der Waals surface area contributed by atoms with Crippen LogP contribution in [0.3, 0.4) is 0 Å².